The van der Waals surface area contributed by atoms with Gasteiger partial charge in [0, 0.05) is 18.8 Å². The predicted molar refractivity (Wildman–Crippen MR) is 68.4 cm³/mol. The number of rotatable bonds is 3. The summed E-state index contributed by atoms with van der Waals surface area (Å²) in [5.41, 5.74) is 0.185. The standard InChI is InChI=1S/C15H18O3/c1-2-15(14(17)18)9-8-12(16)10-13(15)11-6-4-3-5-7-11/h3-7,13H,2,8-10H2,1H3,(H,17,18). The number of carboxylic acid groups (broad SMARTS) is 1. The number of aliphatic carboxylic acids is 1. The first-order chi connectivity index (χ1) is 8.60. The van der Waals surface area contributed by atoms with Crippen LogP contribution in [0.5, 0.6) is 0 Å². The number of benzene rings is 1. The molecule has 0 bridgehead atoms. The number of carboxylic acids is 1. The molecule has 1 aromatic carbocycles. The topological polar surface area (TPSA) is 54.4 Å². The van der Waals surface area contributed by atoms with Gasteiger partial charge in [-0.25, -0.2) is 0 Å². The molecule has 0 saturated heterocycles. The maximum absolute atomic E-state index is 11.7. The molecule has 1 N–H and O–H groups in total. The first-order valence-electron chi connectivity index (χ1n) is 6.40. The molecular formula is C15H18O3. The highest BCUT2D eigenvalue weighted by atomic mass is 16.4. The average Bonchev–Trinajstić information content (AvgIpc) is 2.39. The third-order valence-corrected chi connectivity index (χ3v) is 4.21. The molecule has 3 heteroatoms. The molecule has 0 aliphatic heterocycles. The summed E-state index contributed by atoms with van der Waals surface area (Å²) >= 11 is 0. The Balaban J connectivity index is 2.44. The summed E-state index contributed by atoms with van der Waals surface area (Å²) < 4.78 is 0. The van der Waals surface area contributed by atoms with E-state index in [0.717, 1.165) is 5.56 Å². The monoisotopic (exact) mass is 246 g/mol. The molecule has 0 spiro atoms. The van der Waals surface area contributed by atoms with Crippen LogP contribution in [0.15, 0.2) is 30.3 Å². The Morgan fingerprint density at radius 2 is 2.06 bits per heavy atom. The van der Waals surface area contributed by atoms with Crippen molar-refractivity contribution >= 4 is 11.8 Å². The van der Waals surface area contributed by atoms with E-state index in [-0.39, 0.29) is 11.7 Å². The Kier molecular flexibility index (Phi) is 3.50. The lowest BCUT2D eigenvalue weighted by Gasteiger charge is -2.40. The van der Waals surface area contributed by atoms with E-state index in [9.17, 15) is 14.7 Å². The minimum Gasteiger partial charge on any atom is -0.481 e. The Morgan fingerprint density at radius 3 is 2.61 bits per heavy atom. The highest BCUT2D eigenvalue weighted by Crippen LogP contribution is 2.48. The normalized spacial score (nSPS) is 28.1. The summed E-state index contributed by atoms with van der Waals surface area (Å²) in [5.74, 6) is -0.789. The van der Waals surface area contributed by atoms with Crippen molar-refractivity contribution in [1.82, 2.24) is 0 Å². The number of hydrogen-bond acceptors (Lipinski definition) is 2. The summed E-state index contributed by atoms with van der Waals surface area (Å²) in [6.07, 6.45) is 1.76. The van der Waals surface area contributed by atoms with Gasteiger partial charge in [0.05, 0.1) is 5.41 Å². The molecule has 1 saturated carbocycles. The lowest BCUT2D eigenvalue weighted by atomic mass is 9.62. The van der Waals surface area contributed by atoms with E-state index in [1.165, 1.54) is 0 Å². The van der Waals surface area contributed by atoms with Crippen LogP contribution in [0.3, 0.4) is 0 Å². The average molecular weight is 246 g/mol. The van der Waals surface area contributed by atoms with Gasteiger partial charge in [0.2, 0.25) is 0 Å². The predicted octanol–water partition coefficient (Wildman–Crippen LogP) is 3.00. The fourth-order valence-electron chi connectivity index (χ4n) is 3.01. The summed E-state index contributed by atoms with van der Waals surface area (Å²) in [7, 11) is 0. The third kappa shape index (κ3) is 2.05. The smallest absolute Gasteiger partial charge is 0.310 e. The zero-order valence-electron chi connectivity index (χ0n) is 10.6. The van der Waals surface area contributed by atoms with Gasteiger partial charge in [-0.1, -0.05) is 37.3 Å². The summed E-state index contributed by atoms with van der Waals surface area (Å²) in [5, 5.41) is 9.60. The van der Waals surface area contributed by atoms with Crippen molar-refractivity contribution in [3.63, 3.8) is 0 Å². The van der Waals surface area contributed by atoms with E-state index in [1.807, 2.05) is 37.3 Å². The number of ketones is 1. The van der Waals surface area contributed by atoms with Gasteiger partial charge in [-0.05, 0) is 18.4 Å². The minimum atomic E-state index is -0.782. The lowest BCUT2D eigenvalue weighted by molar-refractivity contribution is -0.153. The molecule has 2 unspecified atom stereocenters. The zero-order valence-corrected chi connectivity index (χ0v) is 10.6. The molecule has 0 amide bonds. The molecule has 1 aliphatic rings. The summed E-state index contributed by atoms with van der Waals surface area (Å²) in [6.45, 7) is 1.90. The van der Waals surface area contributed by atoms with Crippen molar-refractivity contribution in [3.05, 3.63) is 35.9 Å². The highest BCUT2D eigenvalue weighted by Gasteiger charge is 2.48. The zero-order chi connectivity index (χ0) is 13.2. The van der Waals surface area contributed by atoms with Crippen LogP contribution in [0.1, 0.15) is 44.1 Å². The van der Waals surface area contributed by atoms with Crippen LogP contribution in [0, 0.1) is 5.41 Å². The van der Waals surface area contributed by atoms with Crippen molar-refractivity contribution < 1.29 is 14.7 Å². The van der Waals surface area contributed by atoms with E-state index >= 15 is 0 Å². The Morgan fingerprint density at radius 1 is 1.39 bits per heavy atom. The highest BCUT2D eigenvalue weighted by molar-refractivity contribution is 5.85. The number of carbonyl (C=O) groups excluding carboxylic acids is 1. The van der Waals surface area contributed by atoms with Crippen LogP contribution in [0.2, 0.25) is 0 Å². The molecule has 2 rings (SSSR count). The largest absolute Gasteiger partial charge is 0.481 e. The molecule has 96 valence electrons. The second-order valence-electron chi connectivity index (χ2n) is 5.02. The number of Topliss-reactive ketones (excluding diaryl/α,β-unsaturated/α-hetero) is 1. The third-order valence-electron chi connectivity index (χ3n) is 4.21. The lowest BCUT2D eigenvalue weighted by Crippen LogP contribution is -2.41. The minimum absolute atomic E-state index is 0.175. The van der Waals surface area contributed by atoms with Crippen molar-refractivity contribution in [2.24, 2.45) is 5.41 Å². The molecule has 0 radical (unpaired) electrons. The molecule has 1 aromatic rings. The maximum Gasteiger partial charge on any atom is 0.310 e. The molecule has 18 heavy (non-hydrogen) atoms. The number of hydrogen-bond donors (Lipinski definition) is 1. The van der Waals surface area contributed by atoms with Gasteiger partial charge in [-0.2, -0.15) is 0 Å². The molecule has 3 nitrogen and oxygen atoms in total. The van der Waals surface area contributed by atoms with Crippen LogP contribution in [0.25, 0.3) is 0 Å². The first kappa shape index (κ1) is 12.8. The Labute approximate surface area is 107 Å². The molecular weight excluding hydrogens is 228 g/mol. The van der Waals surface area contributed by atoms with Crippen molar-refractivity contribution in [1.29, 1.82) is 0 Å². The molecule has 2 atom stereocenters. The molecule has 1 aliphatic carbocycles. The van der Waals surface area contributed by atoms with E-state index < -0.39 is 11.4 Å². The van der Waals surface area contributed by atoms with Gasteiger partial charge in [-0.15, -0.1) is 0 Å². The Bertz CT molecular complexity index is 452. The van der Waals surface area contributed by atoms with Crippen LogP contribution in [0.4, 0.5) is 0 Å². The van der Waals surface area contributed by atoms with Crippen LogP contribution < -0.4 is 0 Å². The van der Waals surface area contributed by atoms with Crippen LogP contribution >= 0.6 is 0 Å². The van der Waals surface area contributed by atoms with Crippen LogP contribution in [-0.4, -0.2) is 16.9 Å². The van der Waals surface area contributed by atoms with E-state index in [4.69, 9.17) is 0 Å². The van der Waals surface area contributed by atoms with Crippen LogP contribution in [-0.2, 0) is 9.59 Å². The first-order valence-corrected chi connectivity index (χ1v) is 6.40. The van der Waals surface area contributed by atoms with E-state index in [2.05, 4.69) is 0 Å². The van der Waals surface area contributed by atoms with Gasteiger partial charge in [0.1, 0.15) is 5.78 Å². The quantitative estimate of drug-likeness (QED) is 0.892. The number of carbonyl (C=O) groups is 2. The Hall–Kier alpha value is -1.64. The van der Waals surface area contributed by atoms with Crippen molar-refractivity contribution in [3.8, 4) is 0 Å². The second kappa shape index (κ2) is 4.92. The van der Waals surface area contributed by atoms with E-state index in [0.29, 0.717) is 25.7 Å². The molecule has 1 fully saturated rings. The van der Waals surface area contributed by atoms with Crippen molar-refractivity contribution in [2.75, 3.05) is 0 Å². The van der Waals surface area contributed by atoms with Gasteiger partial charge < -0.3 is 5.11 Å². The molecule has 0 heterocycles. The maximum atomic E-state index is 11.7. The van der Waals surface area contributed by atoms with Gasteiger partial charge in [0.15, 0.2) is 0 Å². The van der Waals surface area contributed by atoms with Gasteiger partial charge in [-0.3, -0.25) is 9.59 Å². The van der Waals surface area contributed by atoms with Crippen molar-refractivity contribution in [2.45, 2.75) is 38.5 Å². The van der Waals surface area contributed by atoms with E-state index in [1.54, 1.807) is 0 Å². The molecule has 0 aromatic heterocycles. The van der Waals surface area contributed by atoms with Gasteiger partial charge in [0.25, 0.3) is 0 Å². The summed E-state index contributed by atoms with van der Waals surface area (Å²) in [6, 6.07) is 9.56. The fourth-order valence-corrected chi connectivity index (χ4v) is 3.01. The SMILES string of the molecule is CCC1(C(=O)O)CCC(=O)CC1c1ccccc1. The fraction of sp³-hybridized carbons (Fsp3) is 0.467. The summed E-state index contributed by atoms with van der Waals surface area (Å²) in [4.78, 5) is 23.4. The second-order valence-corrected chi connectivity index (χ2v) is 5.02. The van der Waals surface area contributed by atoms with Gasteiger partial charge >= 0.3 is 5.97 Å².